The van der Waals surface area contributed by atoms with Crippen LogP contribution in [0.3, 0.4) is 0 Å². The number of amides is 2. The van der Waals surface area contributed by atoms with Crippen molar-refractivity contribution in [2.75, 3.05) is 13.2 Å². The van der Waals surface area contributed by atoms with E-state index in [4.69, 9.17) is 5.73 Å². The molecule has 0 bridgehead atoms. The molecule has 5 nitrogen and oxygen atoms in total. The summed E-state index contributed by atoms with van der Waals surface area (Å²) in [7, 11) is 0. The summed E-state index contributed by atoms with van der Waals surface area (Å²) in [5, 5.41) is -0.407. The van der Waals surface area contributed by atoms with E-state index in [1.165, 1.54) is 0 Å². The van der Waals surface area contributed by atoms with Crippen molar-refractivity contribution >= 4 is 17.6 Å². The number of hydrogen-bond donors (Lipinski definition) is 1. The number of halogens is 13. The minimum absolute atomic E-state index is 0.151. The van der Waals surface area contributed by atoms with E-state index >= 15 is 4.39 Å². The van der Waals surface area contributed by atoms with Crippen LogP contribution in [0.4, 0.5) is 57.1 Å². The molecule has 224 valence electrons. The van der Waals surface area contributed by atoms with Crippen LogP contribution < -0.4 is 5.73 Å². The summed E-state index contributed by atoms with van der Waals surface area (Å²) in [6, 6.07) is 0.240. The lowest BCUT2D eigenvalue weighted by molar-refractivity contribution is -0.214. The average molecular weight is 612 g/mol. The quantitative estimate of drug-likeness (QED) is 0.308. The van der Waals surface area contributed by atoms with Gasteiger partial charge in [0, 0.05) is 5.56 Å². The van der Waals surface area contributed by atoms with E-state index in [0.717, 1.165) is 0 Å². The number of allylic oxidation sites excluding steroid dienone is 1. The van der Waals surface area contributed by atoms with Crippen LogP contribution in [0.2, 0.25) is 0 Å². The fourth-order valence-corrected chi connectivity index (χ4v) is 4.04. The van der Waals surface area contributed by atoms with Crippen LogP contribution in [0.25, 0.3) is 5.83 Å². The minimum Gasteiger partial charge on any atom is -0.366 e. The van der Waals surface area contributed by atoms with Crippen molar-refractivity contribution in [2.24, 2.45) is 5.73 Å². The molecule has 41 heavy (non-hydrogen) atoms. The molecule has 1 aliphatic heterocycles. The van der Waals surface area contributed by atoms with Gasteiger partial charge in [0.25, 0.3) is 5.91 Å². The second-order valence-electron chi connectivity index (χ2n) is 8.48. The summed E-state index contributed by atoms with van der Waals surface area (Å²) < 4.78 is 178. The van der Waals surface area contributed by atoms with E-state index in [2.05, 4.69) is 4.84 Å². The van der Waals surface area contributed by atoms with Crippen LogP contribution in [-0.4, -0.2) is 42.4 Å². The third-order valence-corrected chi connectivity index (χ3v) is 5.69. The summed E-state index contributed by atoms with van der Waals surface area (Å²) >= 11 is 0. The molecule has 18 heteroatoms. The van der Waals surface area contributed by atoms with Gasteiger partial charge in [-0.05, 0) is 35.4 Å². The number of hydroxylamine groups is 2. The van der Waals surface area contributed by atoms with E-state index in [0.29, 0.717) is 6.07 Å². The molecule has 1 unspecified atom stereocenters. The highest BCUT2D eigenvalue weighted by Crippen LogP contribution is 2.45. The van der Waals surface area contributed by atoms with Crippen molar-refractivity contribution in [3.8, 4) is 0 Å². The fraction of sp³-hybridized carbons (Fsp3) is 0.304. The van der Waals surface area contributed by atoms with Gasteiger partial charge in [0.1, 0.15) is 18.3 Å². The Hall–Kier alpha value is -3.83. The molecule has 0 radical (unpaired) electrons. The first-order valence-corrected chi connectivity index (χ1v) is 10.8. The smallest absolute Gasteiger partial charge is 0.366 e. The molecule has 0 saturated carbocycles. The Labute approximate surface area is 219 Å². The molecule has 2 amide bonds. The lowest BCUT2D eigenvalue weighted by Gasteiger charge is -2.23. The molecule has 1 saturated heterocycles. The zero-order valence-corrected chi connectivity index (χ0v) is 19.6. The van der Waals surface area contributed by atoms with E-state index in [-0.39, 0.29) is 18.2 Å². The fourth-order valence-electron chi connectivity index (χ4n) is 4.04. The molecule has 0 spiro atoms. The van der Waals surface area contributed by atoms with Crippen LogP contribution in [0, 0.1) is 17.5 Å². The highest BCUT2D eigenvalue weighted by Gasteiger charge is 2.48. The van der Waals surface area contributed by atoms with Crippen molar-refractivity contribution in [3.63, 3.8) is 0 Å². The van der Waals surface area contributed by atoms with Crippen LogP contribution in [0.15, 0.2) is 30.3 Å². The third-order valence-electron chi connectivity index (χ3n) is 5.69. The van der Waals surface area contributed by atoms with Gasteiger partial charge in [0.05, 0.1) is 23.7 Å². The monoisotopic (exact) mass is 612 g/mol. The first kappa shape index (κ1) is 31.7. The Morgan fingerprint density at radius 1 is 1.00 bits per heavy atom. The average Bonchev–Trinajstić information content (AvgIpc) is 3.16. The van der Waals surface area contributed by atoms with Crippen molar-refractivity contribution in [1.82, 2.24) is 5.06 Å². The lowest BCUT2D eigenvalue weighted by atomic mass is 9.85. The maximum absolute atomic E-state index is 15.5. The lowest BCUT2D eigenvalue weighted by Crippen LogP contribution is -2.35. The molecule has 3 rings (SSSR count). The van der Waals surface area contributed by atoms with E-state index < -0.39 is 118 Å². The Kier molecular flexibility index (Phi) is 8.40. The number of primary amides is 1. The van der Waals surface area contributed by atoms with Crippen molar-refractivity contribution in [1.29, 1.82) is 0 Å². The standard InChI is InChI=1S/C23H13F13N2O3/c24-13(5-12(22(31,32)33)8-3-14(25)18(27)15(26)4-8)9-1-2-10(19(37)39)17(23(34,35)36)16(9)11-6-41-38(20(11)40)7-21(28,29)30/h1-5,11-12H,6-7H2,(H2,37,39)/b13-5-/t11-,12?/m0/s1. The zero-order chi connectivity index (χ0) is 31.2. The van der Waals surface area contributed by atoms with Gasteiger partial charge in [-0.1, -0.05) is 6.07 Å². The summed E-state index contributed by atoms with van der Waals surface area (Å²) in [6.45, 7) is -3.43. The maximum Gasteiger partial charge on any atom is 0.417 e. The van der Waals surface area contributed by atoms with Gasteiger partial charge in [0.2, 0.25) is 5.91 Å². The molecule has 1 heterocycles. The summed E-state index contributed by atoms with van der Waals surface area (Å²) in [6.07, 6.45) is -16.9. The van der Waals surface area contributed by atoms with Crippen molar-refractivity contribution in [2.45, 2.75) is 30.4 Å². The van der Waals surface area contributed by atoms with Gasteiger partial charge < -0.3 is 5.73 Å². The molecule has 1 aliphatic rings. The maximum atomic E-state index is 15.5. The number of benzene rings is 2. The summed E-state index contributed by atoms with van der Waals surface area (Å²) in [5.41, 5.74) is -3.11. The van der Waals surface area contributed by atoms with Gasteiger partial charge >= 0.3 is 18.5 Å². The highest BCUT2D eigenvalue weighted by molar-refractivity contribution is 5.97. The molecular formula is C23H13F13N2O3. The molecule has 0 aromatic heterocycles. The largest absolute Gasteiger partial charge is 0.417 e. The van der Waals surface area contributed by atoms with E-state index in [9.17, 15) is 62.3 Å². The number of nitrogens with zero attached hydrogens (tertiary/aromatic N) is 1. The summed E-state index contributed by atoms with van der Waals surface area (Å²) in [5.74, 6) is -18.0. The number of hydrogen-bond acceptors (Lipinski definition) is 3. The van der Waals surface area contributed by atoms with Gasteiger partial charge in [0.15, 0.2) is 17.5 Å². The predicted molar refractivity (Wildman–Crippen MR) is 111 cm³/mol. The van der Waals surface area contributed by atoms with Crippen LogP contribution in [0.5, 0.6) is 0 Å². The van der Waals surface area contributed by atoms with Crippen LogP contribution in [-0.2, 0) is 15.8 Å². The Balaban J connectivity index is 2.30. The Bertz CT molecular complexity index is 1370. The third kappa shape index (κ3) is 6.74. The minimum atomic E-state index is -5.68. The number of carbonyl (C=O) groups excluding carboxylic acids is 2. The van der Waals surface area contributed by atoms with Crippen molar-refractivity contribution in [3.05, 3.63) is 75.6 Å². The van der Waals surface area contributed by atoms with Gasteiger partial charge in [-0.3, -0.25) is 14.4 Å². The van der Waals surface area contributed by atoms with E-state index in [1.807, 2.05) is 0 Å². The molecule has 0 aliphatic carbocycles. The normalized spacial score (nSPS) is 17.8. The molecule has 1 fully saturated rings. The number of carbonyl (C=O) groups is 2. The first-order valence-electron chi connectivity index (χ1n) is 10.8. The molecule has 2 atom stereocenters. The van der Waals surface area contributed by atoms with Crippen molar-refractivity contribution < 1.29 is 71.5 Å². The highest BCUT2D eigenvalue weighted by atomic mass is 19.4. The van der Waals surface area contributed by atoms with Crippen LogP contribution in [0.1, 0.15) is 44.4 Å². The molecule has 2 aromatic rings. The van der Waals surface area contributed by atoms with Gasteiger partial charge in [-0.25, -0.2) is 22.6 Å². The van der Waals surface area contributed by atoms with E-state index in [1.54, 1.807) is 0 Å². The van der Waals surface area contributed by atoms with Gasteiger partial charge in [-0.15, -0.1) is 0 Å². The molecule has 2 aromatic carbocycles. The zero-order valence-electron chi connectivity index (χ0n) is 19.6. The first-order chi connectivity index (χ1) is 18.6. The topological polar surface area (TPSA) is 72.6 Å². The summed E-state index contributed by atoms with van der Waals surface area (Å²) in [4.78, 5) is 28.8. The Morgan fingerprint density at radius 3 is 2.00 bits per heavy atom. The predicted octanol–water partition coefficient (Wildman–Crippen LogP) is 6.30. The molecule has 2 N–H and O–H groups in total. The Morgan fingerprint density at radius 2 is 1.54 bits per heavy atom. The molecular weight excluding hydrogens is 599 g/mol. The second kappa shape index (κ2) is 10.9. The second-order valence-corrected chi connectivity index (χ2v) is 8.48. The van der Waals surface area contributed by atoms with Crippen LogP contribution >= 0.6 is 0 Å². The SMILES string of the molecule is NC(=O)c1ccc(/C(F)=C/C(c2cc(F)c(F)c(F)c2)C(F)(F)F)c([C@@H]2CON(CC(F)(F)F)C2=O)c1C(F)(F)F. The number of rotatable bonds is 6. The number of nitrogens with two attached hydrogens (primary N) is 1. The van der Waals surface area contributed by atoms with Gasteiger partial charge in [-0.2, -0.15) is 39.5 Å². The number of alkyl halides is 9.